The van der Waals surface area contributed by atoms with Crippen molar-refractivity contribution in [1.82, 2.24) is 20.0 Å². The van der Waals surface area contributed by atoms with Crippen LogP contribution in [0.2, 0.25) is 0 Å². The fourth-order valence-electron chi connectivity index (χ4n) is 3.76. The van der Waals surface area contributed by atoms with Crippen LogP contribution < -0.4 is 9.91 Å². The summed E-state index contributed by atoms with van der Waals surface area (Å²) in [5.74, 6) is 2.53. The highest BCUT2D eigenvalue weighted by molar-refractivity contribution is 6.09. The van der Waals surface area contributed by atoms with Gasteiger partial charge in [-0.1, -0.05) is 17.3 Å². The number of anilines is 2. The third kappa shape index (κ3) is 2.12. The van der Waals surface area contributed by atoms with E-state index in [2.05, 4.69) is 15.1 Å². The maximum atomic E-state index is 15.0. The number of benzene rings is 1. The molecule has 3 aliphatic heterocycles. The molecule has 0 amide bonds. The zero-order chi connectivity index (χ0) is 20.4. The molecule has 1 unspecified atom stereocenters. The number of nitrogens with zero attached hydrogens (tertiary/aromatic N) is 8. The van der Waals surface area contributed by atoms with Gasteiger partial charge in [0.25, 0.3) is 6.42 Å². The second kappa shape index (κ2) is 5.84. The summed E-state index contributed by atoms with van der Waals surface area (Å²) in [7, 11) is 0. The quantitative estimate of drug-likeness (QED) is 0.471. The van der Waals surface area contributed by atoms with Crippen molar-refractivity contribution < 1.29 is 13.3 Å². The summed E-state index contributed by atoms with van der Waals surface area (Å²) < 4.78 is 26.0. The highest BCUT2D eigenvalue weighted by Crippen LogP contribution is 2.42. The van der Waals surface area contributed by atoms with E-state index in [1.807, 2.05) is 37.4 Å². The molecule has 1 atom stereocenters. The van der Waals surface area contributed by atoms with Crippen molar-refractivity contribution in [3.8, 4) is 17.8 Å². The number of hydrazine groups is 1. The topological polar surface area (TPSA) is 101 Å². The largest absolute Gasteiger partial charge is 0.458 e. The summed E-state index contributed by atoms with van der Waals surface area (Å²) in [6, 6.07) is 11.1. The van der Waals surface area contributed by atoms with Crippen LogP contribution in [0.15, 0.2) is 62.4 Å². The van der Waals surface area contributed by atoms with Crippen LogP contribution in [0.4, 0.5) is 16.1 Å². The number of aryl methyl sites for hydroxylation is 1. The Morgan fingerprint density at radius 1 is 1.23 bits per heavy atom. The lowest BCUT2D eigenvalue weighted by Gasteiger charge is -2.39. The van der Waals surface area contributed by atoms with Crippen LogP contribution in [-0.2, 0) is 0 Å². The number of para-hydroxylation sites is 1. The van der Waals surface area contributed by atoms with Gasteiger partial charge in [-0.25, -0.2) is 19.9 Å². The van der Waals surface area contributed by atoms with Gasteiger partial charge in [0.05, 0.1) is 11.9 Å². The smallest absolute Gasteiger partial charge is 0.345 e. The second-order valence-corrected chi connectivity index (χ2v) is 6.84. The van der Waals surface area contributed by atoms with E-state index in [-0.39, 0.29) is 12.7 Å². The Kier molecular flexibility index (Phi) is 3.23. The number of hydrogen-bond donors (Lipinski definition) is 0. The molecular formula is C19H13FN8O2. The van der Waals surface area contributed by atoms with Crippen molar-refractivity contribution >= 4 is 17.5 Å². The van der Waals surface area contributed by atoms with Crippen LogP contribution in [0.25, 0.3) is 11.6 Å². The number of alkyl halides is 1. The molecule has 5 heterocycles. The number of rotatable bonds is 2. The van der Waals surface area contributed by atoms with Gasteiger partial charge in [-0.05, 0) is 31.2 Å². The molecule has 0 saturated carbocycles. The molecule has 3 aliphatic rings. The lowest BCUT2D eigenvalue weighted by Crippen LogP contribution is -2.50. The first-order valence-electron chi connectivity index (χ1n) is 9.11. The average Bonchev–Trinajstić information content (AvgIpc) is 3.53. The maximum Gasteiger partial charge on any atom is 0.345 e. The van der Waals surface area contributed by atoms with Gasteiger partial charge in [-0.15, -0.1) is 0 Å². The fourth-order valence-corrected chi connectivity index (χ4v) is 3.76. The van der Waals surface area contributed by atoms with Gasteiger partial charge in [0, 0.05) is 5.56 Å². The normalized spacial score (nSPS) is 19.3. The van der Waals surface area contributed by atoms with E-state index in [1.54, 1.807) is 22.2 Å². The first kappa shape index (κ1) is 16.6. The minimum atomic E-state index is -1.67. The van der Waals surface area contributed by atoms with Gasteiger partial charge >= 0.3 is 6.01 Å². The number of nitriles is 1. The second-order valence-electron chi connectivity index (χ2n) is 6.84. The number of halogens is 1. The average molecular weight is 404 g/mol. The van der Waals surface area contributed by atoms with Crippen molar-refractivity contribution in [3.05, 3.63) is 59.7 Å². The Bertz CT molecular complexity index is 1270. The molecule has 0 radical (unpaired) electrons. The third-order valence-corrected chi connectivity index (χ3v) is 5.07. The van der Waals surface area contributed by atoms with Crippen molar-refractivity contribution in [3.63, 3.8) is 0 Å². The van der Waals surface area contributed by atoms with E-state index in [0.717, 1.165) is 16.2 Å². The van der Waals surface area contributed by atoms with Crippen LogP contribution in [0.1, 0.15) is 11.3 Å². The molecule has 148 valence electrons. The number of fused-ring (bicyclic) bond motifs is 6. The summed E-state index contributed by atoms with van der Waals surface area (Å²) in [4.78, 5) is 11.4. The lowest BCUT2D eigenvalue weighted by atomic mass is 10.1. The molecule has 0 fully saturated rings. The standard InChI is InChI=1S/C19H13FN8O2/c1-11-6-7-14(29-11)16-23-19(30-24-16)26-10-22-17-12-4-2-3-5-13(12)27-15(28(17)26)8-25(9-21)18(27)20/h2-8,18H,10H2,1H3. The molecule has 6 rings (SSSR count). The number of furan rings is 1. The van der Waals surface area contributed by atoms with Gasteiger partial charge in [0.15, 0.2) is 23.6 Å². The molecule has 1 aromatic carbocycles. The first-order chi connectivity index (χ1) is 14.7. The molecule has 0 saturated heterocycles. The molecule has 2 aromatic heterocycles. The highest BCUT2D eigenvalue weighted by Gasteiger charge is 2.47. The number of hydrogen-bond acceptors (Lipinski definition) is 10. The lowest BCUT2D eigenvalue weighted by molar-refractivity contribution is 0.204. The number of amidine groups is 1. The molecule has 0 N–H and O–H groups in total. The van der Waals surface area contributed by atoms with E-state index >= 15 is 4.39 Å². The Labute approximate surface area is 169 Å². The Balaban J connectivity index is 1.44. The van der Waals surface area contributed by atoms with Gasteiger partial charge < -0.3 is 8.94 Å². The molecule has 3 aromatic rings. The van der Waals surface area contributed by atoms with Gasteiger partial charge in [0.2, 0.25) is 5.82 Å². The monoisotopic (exact) mass is 404 g/mol. The minimum absolute atomic E-state index is 0.170. The summed E-state index contributed by atoms with van der Waals surface area (Å²) in [6.45, 7) is 2.02. The summed E-state index contributed by atoms with van der Waals surface area (Å²) in [5.41, 5.74) is 1.36. The van der Waals surface area contributed by atoms with Crippen LogP contribution in [-0.4, -0.2) is 39.0 Å². The molecule has 0 aliphatic carbocycles. The number of aromatic nitrogens is 2. The Hall–Kier alpha value is -4.33. The SMILES string of the molecule is Cc1ccc(-c2noc(N3CN=C4c5ccccc5N5C(=CN(C#N)C5F)N43)n2)o1. The van der Waals surface area contributed by atoms with Crippen molar-refractivity contribution in [2.24, 2.45) is 4.99 Å². The molecule has 0 bridgehead atoms. The molecule has 30 heavy (non-hydrogen) atoms. The number of aliphatic imine (C=N–C) groups is 1. The molecular weight excluding hydrogens is 391 g/mol. The van der Waals surface area contributed by atoms with E-state index in [0.29, 0.717) is 28.9 Å². The van der Waals surface area contributed by atoms with Gasteiger partial charge in [-0.3, -0.25) is 4.90 Å². The zero-order valence-electron chi connectivity index (χ0n) is 15.6. The van der Waals surface area contributed by atoms with Crippen molar-refractivity contribution in [2.45, 2.75) is 13.3 Å². The van der Waals surface area contributed by atoms with E-state index < -0.39 is 6.42 Å². The summed E-state index contributed by atoms with van der Waals surface area (Å²) in [6.07, 6.45) is 1.62. The van der Waals surface area contributed by atoms with Crippen molar-refractivity contribution in [1.29, 1.82) is 5.26 Å². The minimum Gasteiger partial charge on any atom is -0.458 e. The van der Waals surface area contributed by atoms with E-state index in [1.165, 1.54) is 11.1 Å². The molecule has 11 heteroatoms. The van der Waals surface area contributed by atoms with Crippen LogP contribution in [0.3, 0.4) is 0 Å². The van der Waals surface area contributed by atoms with Crippen molar-refractivity contribution in [2.75, 3.05) is 16.6 Å². The molecule has 0 spiro atoms. The fraction of sp³-hybridized carbons (Fsp3) is 0.158. The van der Waals surface area contributed by atoms with Gasteiger partial charge in [0.1, 0.15) is 12.4 Å². The Morgan fingerprint density at radius 3 is 2.90 bits per heavy atom. The molecule has 10 nitrogen and oxygen atoms in total. The maximum absolute atomic E-state index is 15.0. The van der Waals surface area contributed by atoms with Crippen LogP contribution >= 0.6 is 0 Å². The van der Waals surface area contributed by atoms with E-state index in [9.17, 15) is 5.26 Å². The summed E-state index contributed by atoms with van der Waals surface area (Å²) >= 11 is 0. The summed E-state index contributed by atoms with van der Waals surface area (Å²) in [5, 5.41) is 16.6. The predicted molar refractivity (Wildman–Crippen MR) is 102 cm³/mol. The predicted octanol–water partition coefficient (Wildman–Crippen LogP) is 2.75. The van der Waals surface area contributed by atoms with Gasteiger partial charge in [-0.2, -0.15) is 14.6 Å². The van der Waals surface area contributed by atoms with Crippen LogP contribution in [0, 0.1) is 18.4 Å². The highest BCUT2D eigenvalue weighted by atomic mass is 19.1. The zero-order valence-corrected chi connectivity index (χ0v) is 15.6. The van der Waals surface area contributed by atoms with Crippen LogP contribution in [0.5, 0.6) is 0 Å². The third-order valence-electron chi connectivity index (χ3n) is 5.07. The first-order valence-corrected chi connectivity index (χ1v) is 9.11. The Morgan fingerprint density at radius 2 is 2.10 bits per heavy atom. The van der Waals surface area contributed by atoms with E-state index in [4.69, 9.17) is 8.94 Å².